The van der Waals surface area contributed by atoms with Gasteiger partial charge in [-0.15, -0.1) is 0 Å². The zero-order chi connectivity index (χ0) is 19.8. The smallest absolute Gasteiger partial charge is 0.306 e. The average Bonchev–Trinajstić information content (AvgIpc) is 2.64. The lowest BCUT2D eigenvalue weighted by Gasteiger charge is -2.09. The van der Waals surface area contributed by atoms with Gasteiger partial charge in [0.1, 0.15) is 11.6 Å². The van der Waals surface area contributed by atoms with E-state index in [0.717, 1.165) is 6.07 Å². The average molecular weight is 438 g/mol. The van der Waals surface area contributed by atoms with Crippen LogP contribution in [-0.2, 0) is 14.3 Å². The van der Waals surface area contributed by atoms with E-state index >= 15 is 0 Å². The highest BCUT2D eigenvalue weighted by atomic mass is 79.9. The Hall–Kier alpha value is -2.74. The molecule has 1 N–H and O–H groups in total. The van der Waals surface area contributed by atoms with Crippen LogP contribution in [0.5, 0.6) is 5.75 Å². The van der Waals surface area contributed by atoms with E-state index in [-0.39, 0.29) is 24.3 Å². The van der Waals surface area contributed by atoms with Crippen molar-refractivity contribution in [1.82, 2.24) is 0 Å². The van der Waals surface area contributed by atoms with Crippen molar-refractivity contribution < 1.29 is 28.2 Å². The van der Waals surface area contributed by atoms with Crippen molar-refractivity contribution in [3.8, 4) is 5.75 Å². The number of hydrogen-bond acceptors (Lipinski definition) is 5. The van der Waals surface area contributed by atoms with E-state index in [4.69, 9.17) is 9.47 Å². The molecule has 2 rings (SSSR count). The summed E-state index contributed by atoms with van der Waals surface area (Å²) in [6.07, 6.45) is -0.265. The Balaban J connectivity index is 1.80. The number of rotatable bonds is 8. The molecule has 0 spiro atoms. The van der Waals surface area contributed by atoms with Gasteiger partial charge in [-0.3, -0.25) is 14.4 Å². The van der Waals surface area contributed by atoms with Crippen LogP contribution in [0.2, 0.25) is 0 Å². The van der Waals surface area contributed by atoms with Crippen molar-refractivity contribution in [1.29, 1.82) is 0 Å². The number of halogens is 2. The highest BCUT2D eigenvalue weighted by molar-refractivity contribution is 9.10. The highest BCUT2D eigenvalue weighted by Gasteiger charge is 2.16. The molecule has 1 amide bonds. The summed E-state index contributed by atoms with van der Waals surface area (Å²) in [7, 11) is 1.45. The van der Waals surface area contributed by atoms with Crippen LogP contribution in [0.4, 0.5) is 10.1 Å². The minimum absolute atomic E-state index is 0.0861. The Morgan fingerprint density at radius 1 is 1.11 bits per heavy atom. The summed E-state index contributed by atoms with van der Waals surface area (Å²) in [5.74, 6) is -1.66. The van der Waals surface area contributed by atoms with Crippen molar-refractivity contribution in [2.24, 2.45) is 0 Å². The van der Waals surface area contributed by atoms with Crippen LogP contribution < -0.4 is 10.1 Å². The number of ketones is 1. The maximum absolute atomic E-state index is 13.0. The maximum atomic E-state index is 13.0. The van der Waals surface area contributed by atoms with Gasteiger partial charge in [0, 0.05) is 16.6 Å². The van der Waals surface area contributed by atoms with Gasteiger partial charge >= 0.3 is 5.97 Å². The highest BCUT2D eigenvalue weighted by Crippen LogP contribution is 2.24. The number of benzene rings is 2. The number of hydrogen-bond donors (Lipinski definition) is 1. The minimum atomic E-state index is -0.688. The van der Waals surface area contributed by atoms with E-state index in [0.29, 0.717) is 15.8 Å². The number of esters is 1. The molecule has 0 bridgehead atoms. The van der Waals surface area contributed by atoms with E-state index < -0.39 is 24.3 Å². The van der Waals surface area contributed by atoms with Gasteiger partial charge in [0.15, 0.2) is 12.4 Å². The molecule has 0 unspecified atom stereocenters. The van der Waals surface area contributed by atoms with E-state index in [1.165, 1.54) is 25.3 Å². The lowest BCUT2D eigenvalue weighted by molar-refractivity contribution is -0.147. The quantitative estimate of drug-likeness (QED) is 0.502. The Kier molecular flexibility index (Phi) is 7.48. The number of Topliss-reactive ketones (excluding diaryl/α,β-unsaturated/α-hetero) is 1. The van der Waals surface area contributed by atoms with Crippen LogP contribution in [0.1, 0.15) is 23.2 Å². The van der Waals surface area contributed by atoms with Crippen LogP contribution >= 0.6 is 15.9 Å². The first-order valence-electron chi connectivity index (χ1n) is 7.97. The first-order valence-corrected chi connectivity index (χ1v) is 8.76. The molecule has 0 saturated carbocycles. The summed E-state index contributed by atoms with van der Waals surface area (Å²) in [6, 6.07) is 10.3. The topological polar surface area (TPSA) is 81.7 Å². The Morgan fingerprint density at radius 2 is 1.89 bits per heavy atom. The lowest BCUT2D eigenvalue weighted by Crippen LogP contribution is -2.21. The molecule has 142 valence electrons. The van der Waals surface area contributed by atoms with Crippen molar-refractivity contribution in [2.75, 3.05) is 19.0 Å². The molecule has 0 radical (unpaired) electrons. The second kappa shape index (κ2) is 9.82. The van der Waals surface area contributed by atoms with Gasteiger partial charge in [-0.05, 0) is 36.4 Å². The number of nitrogens with one attached hydrogen (secondary N) is 1. The van der Waals surface area contributed by atoms with E-state index in [1.807, 2.05) is 0 Å². The third-order valence-electron chi connectivity index (χ3n) is 3.49. The Morgan fingerprint density at radius 3 is 2.59 bits per heavy atom. The number of anilines is 1. The van der Waals surface area contributed by atoms with Gasteiger partial charge in [0.25, 0.3) is 5.91 Å². The molecule has 2 aromatic carbocycles. The predicted octanol–water partition coefficient (Wildman–Crippen LogP) is 3.74. The SMILES string of the molecule is COc1ccc(Br)cc1C(=O)CCC(=O)OCC(=O)Nc1cccc(F)c1. The summed E-state index contributed by atoms with van der Waals surface area (Å²) in [5.41, 5.74) is 0.608. The van der Waals surface area contributed by atoms with E-state index in [2.05, 4.69) is 21.2 Å². The number of methoxy groups -OCH3 is 1. The molecule has 0 atom stereocenters. The van der Waals surface area contributed by atoms with Gasteiger partial charge < -0.3 is 14.8 Å². The fourth-order valence-electron chi connectivity index (χ4n) is 2.23. The van der Waals surface area contributed by atoms with Crippen molar-refractivity contribution in [3.63, 3.8) is 0 Å². The fraction of sp³-hybridized carbons (Fsp3) is 0.211. The summed E-state index contributed by atoms with van der Waals surface area (Å²) in [4.78, 5) is 35.7. The number of ether oxygens (including phenoxy) is 2. The second-order valence-electron chi connectivity index (χ2n) is 5.49. The standard InChI is InChI=1S/C19H17BrFNO5/c1-26-17-7-5-12(20)9-15(17)16(23)6-8-19(25)27-11-18(24)22-14-4-2-3-13(21)10-14/h2-5,7,9-10H,6,8,11H2,1H3,(H,22,24). The number of amides is 1. The summed E-state index contributed by atoms with van der Waals surface area (Å²) in [6.45, 7) is -0.524. The molecule has 0 fully saturated rings. The third kappa shape index (κ3) is 6.49. The van der Waals surface area contributed by atoms with Crippen molar-refractivity contribution in [3.05, 3.63) is 58.3 Å². The largest absolute Gasteiger partial charge is 0.496 e. The first kappa shape index (κ1) is 20.6. The fourth-order valence-corrected chi connectivity index (χ4v) is 2.59. The predicted molar refractivity (Wildman–Crippen MR) is 100 cm³/mol. The van der Waals surface area contributed by atoms with Gasteiger partial charge in [-0.2, -0.15) is 0 Å². The maximum Gasteiger partial charge on any atom is 0.306 e. The molecule has 0 aromatic heterocycles. The van der Waals surface area contributed by atoms with Gasteiger partial charge in [-0.25, -0.2) is 4.39 Å². The zero-order valence-electron chi connectivity index (χ0n) is 14.5. The zero-order valence-corrected chi connectivity index (χ0v) is 16.0. The van der Waals surface area contributed by atoms with Crippen LogP contribution in [0, 0.1) is 5.82 Å². The lowest BCUT2D eigenvalue weighted by atomic mass is 10.1. The molecule has 0 heterocycles. The molecule has 0 aliphatic rings. The molecule has 0 aliphatic carbocycles. The van der Waals surface area contributed by atoms with Crippen molar-refractivity contribution >= 4 is 39.3 Å². The monoisotopic (exact) mass is 437 g/mol. The molecule has 6 nitrogen and oxygen atoms in total. The Labute approximate surface area is 163 Å². The summed E-state index contributed by atoms with van der Waals surface area (Å²) < 4.78 is 23.7. The minimum Gasteiger partial charge on any atom is -0.496 e. The van der Waals surface area contributed by atoms with Crippen LogP contribution in [0.15, 0.2) is 46.9 Å². The van der Waals surface area contributed by atoms with Gasteiger partial charge in [-0.1, -0.05) is 22.0 Å². The number of carbonyl (C=O) groups excluding carboxylic acids is 3. The molecule has 0 aliphatic heterocycles. The Bertz CT molecular complexity index is 856. The first-order chi connectivity index (χ1) is 12.9. The third-order valence-corrected chi connectivity index (χ3v) is 3.98. The molecule has 2 aromatic rings. The van der Waals surface area contributed by atoms with Crippen LogP contribution in [0.25, 0.3) is 0 Å². The molecule has 0 saturated heterocycles. The van der Waals surface area contributed by atoms with Gasteiger partial charge in [0.05, 0.1) is 19.1 Å². The molecule has 8 heteroatoms. The summed E-state index contributed by atoms with van der Waals surface area (Å²) >= 11 is 3.28. The molecular formula is C19H17BrFNO5. The summed E-state index contributed by atoms with van der Waals surface area (Å²) in [5, 5.41) is 2.41. The van der Waals surface area contributed by atoms with E-state index in [9.17, 15) is 18.8 Å². The molecule has 27 heavy (non-hydrogen) atoms. The van der Waals surface area contributed by atoms with Crippen LogP contribution in [-0.4, -0.2) is 31.4 Å². The second-order valence-corrected chi connectivity index (χ2v) is 6.40. The normalized spacial score (nSPS) is 10.2. The van der Waals surface area contributed by atoms with E-state index in [1.54, 1.807) is 18.2 Å². The van der Waals surface area contributed by atoms with Gasteiger partial charge in [0.2, 0.25) is 0 Å². The molecular weight excluding hydrogens is 421 g/mol. The van der Waals surface area contributed by atoms with Crippen LogP contribution in [0.3, 0.4) is 0 Å². The van der Waals surface area contributed by atoms with Crippen molar-refractivity contribution in [2.45, 2.75) is 12.8 Å². The number of carbonyl (C=O) groups is 3.